The van der Waals surface area contributed by atoms with Crippen LogP contribution in [0, 0.1) is 0 Å². The van der Waals surface area contributed by atoms with Gasteiger partial charge in [-0.15, -0.1) is 0 Å². The van der Waals surface area contributed by atoms with E-state index in [1.807, 2.05) is 39.8 Å². The molecule has 1 aliphatic rings. The largest absolute Gasteiger partial charge is 0.498 e. The zero-order chi connectivity index (χ0) is 18.7. The minimum atomic E-state index is -0.291. The summed E-state index contributed by atoms with van der Waals surface area (Å²) in [5, 5.41) is 0. The van der Waals surface area contributed by atoms with E-state index in [0.29, 0.717) is 5.76 Å². The van der Waals surface area contributed by atoms with Gasteiger partial charge in [-0.1, -0.05) is 27.7 Å². The molecule has 2 rings (SSSR count). The highest BCUT2D eigenvalue weighted by molar-refractivity contribution is 5.91. The van der Waals surface area contributed by atoms with Crippen LogP contribution in [0.4, 0.5) is 0 Å². The third-order valence-electron chi connectivity index (χ3n) is 3.28. The Hall–Kier alpha value is -1.85. The lowest BCUT2D eigenvalue weighted by molar-refractivity contribution is -0.112. The van der Waals surface area contributed by atoms with Gasteiger partial charge in [0.2, 0.25) is 0 Å². The maximum absolute atomic E-state index is 11.0. The average Bonchev–Trinajstić information content (AvgIpc) is 3.04. The second kappa shape index (κ2) is 11.6. The lowest BCUT2D eigenvalue weighted by Crippen LogP contribution is -2.29. The molecule has 1 aliphatic carbocycles. The van der Waals surface area contributed by atoms with Crippen LogP contribution in [-0.2, 0) is 19.0 Å². The van der Waals surface area contributed by atoms with Gasteiger partial charge in [-0.2, -0.15) is 0 Å². The van der Waals surface area contributed by atoms with Gasteiger partial charge in [0.1, 0.15) is 18.0 Å². The number of carbonyl (C=O) groups excluding carboxylic acids is 1. The van der Waals surface area contributed by atoms with Gasteiger partial charge in [-0.05, 0) is 31.2 Å². The van der Waals surface area contributed by atoms with Crippen molar-refractivity contribution < 1.29 is 19.0 Å². The van der Waals surface area contributed by atoms with E-state index in [1.165, 1.54) is 13.0 Å². The molecule has 1 aromatic rings. The van der Waals surface area contributed by atoms with Gasteiger partial charge in [0, 0.05) is 25.5 Å². The summed E-state index contributed by atoms with van der Waals surface area (Å²) in [5.74, 6) is 0.719. The highest BCUT2D eigenvalue weighted by atomic mass is 16.6. The number of aromatic amines is 1. The Morgan fingerprint density at radius 1 is 1.08 bits per heavy atom. The van der Waals surface area contributed by atoms with E-state index in [9.17, 15) is 4.79 Å². The Morgan fingerprint density at radius 3 is 2.12 bits per heavy atom. The fourth-order valence-corrected chi connectivity index (χ4v) is 2.35. The third-order valence-corrected chi connectivity index (χ3v) is 3.28. The molecule has 5 nitrogen and oxygen atoms in total. The molecule has 5 heteroatoms. The number of hydrogen-bond acceptors (Lipinski definition) is 4. The van der Waals surface area contributed by atoms with Gasteiger partial charge in [-0.25, -0.2) is 0 Å². The van der Waals surface area contributed by atoms with Crippen molar-refractivity contribution >= 4 is 17.9 Å². The van der Waals surface area contributed by atoms with Gasteiger partial charge < -0.3 is 19.2 Å². The molecule has 1 N–H and O–H groups in total. The molecular weight excluding hydrogens is 306 g/mol. The highest BCUT2D eigenvalue weighted by Crippen LogP contribution is 2.36. The van der Waals surface area contributed by atoms with Crippen molar-refractivity contribution in [2.75, 3.05) is 21.3 Å². The van der Waals surface area contributed by atoms with Crippen molar-refractivity contribution in [2.24, 2.45) is 0 Å². The summed E-state index contributed by atoms with van der Waals surface area (Å²) in [7, 11) is 4.86. The van der Waals surface area contributed by atoms with E-state index >= 15 is 0 Å². The molecule has 0 spiro atoms. The van der Waals surface area contributed by atoms with Gasteiger partial charge in [0.25, 0.3) is 0 Å². The third kappa shape index (κ3) is 5.35. The summed E-state index contributed by atoms with van der Waals surface area (Å²) in [6.07, 6.45) is 4.62. The number of rotatable bonds is 5. The lowest BCUT2D eigenvalue weighted by atomic mass is 9.98. The fraction of sp³-hybridized carbons (Fsp3) is 0.526. The van der Waals surface area contributed by atoms with E-state index in [0.717, 1.165) is 17.0 Å². The monoisotopic (exact) mass is 337 g/mol. The van der Waals surface area contributed by atoms with Crippen LogP contribution >= 0.6 is 0 Å². The number of H-pyrrole nitrogens is 1. The minimum Gasteiger partial charge on any atom is -0.498 e. The summed E-state index contributed by atoms with van der Waals surface area (Å²) in [6, 6.07) is 1.95. The van der Waals surface area contributed by atoms with Crippen molar-refractivity contribution in [3.05, 3.63) is 34.9 Å². The van der Waals surface area contributed by atoms with Crippen LogP contribution in [-0.4, -0.2) is 38.2 Å². The number of nitrogens with one attached hydrogen (secondary N) is 1. The maximum Gasteiger partial charge on any atom is 0.152 e. The standard InChI is InChI=1S/C15H19NO4.2C2H6/c1-9(17)5-6-11-7-10-8-12(18-2)14(19-3)15(20-4)13(10)16-11;2*1-2/h5-8,14-16H,1-4H3;2*1-2H3/b6-5+;;. The number of carbonyl (C=O) groups is 1. The second-order valence-electron chi connectivity index (χ2n) is 4.60. The number of methoxy groups -OCH3 is 3. The SMILES string of the molecule is CC.CC.COC1=Cc2cc(/C=C/C(C)=O)[nH]c2C(OC)C1OC. The highest BCUT2D eigenvalue weighted by Gasteiger charge is 2.34. The Balaban J connectivity index is 0.00000123. The van der Waals surface area contributed by atoms with Crippen LogP contribution in [0.2, 0.25) is 0 Å². The fourth-order valence-electron chi connectivity index (χ4n) is 2.35. The van der Waals surface area contributed by atoms with Crippen LogP contribution in [0.15, 0.2) is 17.9 Å². The Labute approximate surface area is 145 Å². The Bertz CT molecular complexity index is 558. The van der Waals surface area contributed by atoms with Crippen LogP contribution in [0.3, 0.4) is 0 Å². The van der Waals surface area contributed by atoms with Gasteiger partial charge in [-0.3, -0.25) is 4.79 Å². The average molecular weight is 337 g/mol. The lowest BCUT2D eigenvalue weighted by Gasteiger charge is -2.29. The van der Waals surface area contributed by atoms with E-state index in [4.69, 9.17) is 14.2 Å². The predicted molar refractivity (Wildman–Crippen MR) is 98.7 cm³/mol. The van der Waals surface area contributed by atoms with Crippen LogP contribution in [0.1, 0.15) is 57.7 Å². The Kier molecular flexibility index (Phi) is 10.8. The predicted octanol–water partition coefficient (Wildman–Crippen LogP) is 4.37. The molecule has 1 aromatic heterocycles. The van der Waals surface area contributed by atoms with Crippen LogP contribution in [0.25, 0.3) is 12.2 Å². The molecule has 136 valence electrons. The molecule has 1 heterocycles. The van der Waals surface area contributed by atoms with Crippen molar-refractivity contribution in [3.8, 4) is 0 Å². The number of aromatic nitrogens is 1. The number of ether oxygens (including phenoxy) is 3. The van der Waals surface area contributed by atoms with E-state index in [1.54, 1.807) is 27.4 Å². The van der Waals surface area contributed by atoms with Crippen molar-refractivity contribution in [2.45, 2.75) is 46.8 Å². The summed E-state index contributed by atoms with van der Waals surface area (Å²) < 4.78 is 16.3. The molecule has 0 bridgehead atoms. The molecule has 24 heavy (non-hydrogen) atoms. The minimum absolute atomic E-state index is 0.00348. The first kappa shape index (κ1) is 22.1. The van der Waals surface area contributed by atoms with Crippen molar-refractivity contribution in [1.82, 2.24) is 4.98 Å². The molecule has 0 amide bonds. The molecule has 0 aliphatic heterocycles. The number of fused-ring (bicyclic) bond motifs is 1. The molecular formula is C19H31NO4. The Morgan fingerprint density at radius 2 is 1.67 bits per heavy atom. The van der Waals surface area contributed by atoms with Crippen LogP contribution in [0.5, 0.6) is 0 Å². The zero-order valence-electron chi connectivity index (χ0n) is 16.1. The van der Waals surface area contributed by atoms with E-state index in [2.05, 4.69) is 4.98 Å². The zero-order valence-corrected chi connectivity index (χ0v) is 16.1. The summed E-state index contributed by atoms with van der Waals surface area (Å²) in [4.78, 5) is 14.3. The quantitative estimate of drug-likeness (QED) is 0.810. The molecule has 0 saturated carbocycles. The molecule has 0 radical (unpaired) electrons. The summed E-state index contributed by atoms with van der Waals surface area (Å²) in [5.41, 5.74) is 2.74. The molecule has 0 fully saturated rings. The van der Waals surface area contributed by atoms with E-state index < -0.39 is 0 Å². The number of ketones is 1. The topological polar surface area (TPSA) is 60.6 Å². The molecule has 2 atom stereocenters. The summed E-state index contributed by atoms with van der Waals surface area (Å²) >= 11 is 0. The summed E-state index contributed by atoms with van der Waals surface area (Å²) in [6.45, 7) is 9.52. The molecule has 0 aromatic carbocycles. The van der Waals surface area contributed by atoms with Crippen LogP contribution < -0.4 is 0 Å². The van der Waals surface area contributed by atoms with Crippen molar-refractivity contribution in [3.63, 3.8) is 0 Å². The van der Waals surface area contributed by atoms with Crippen molar-refractivity contribution in [1.29, 1.82) is 0 Å². The van der Waals surface area contributed by atoms with Gasteiger partial charge in [0.15, 0.2) is 5.78 Å². The second-order valence-corrected chi connectivity index (χ2v) is 4.60. The molecule has 2 unspecified atom stereocenters. The maximum atomic E-state index is 11.0. The van der Waals surface area contributed by atoms with Gasteiger partial charge in [0.05, 0.1) is 12.8 Å². The first-order valence-electron chi connectivity index (χ1n) is 8.33. The first-order chi connectivity index (χ1) is 11.6. The molecule has 0 saturated heterocycles. The normalized spacial score (nSPS) is 18.6. The number of hydrogen-bond donors (Lipinski definition) is 1. The number of allylic oxidation sites excluding steroid dienone is 1. The van der Waals surface area contributed by atoms with Gasteiger partial charge >= 0.3 is 0 Å². The smallest absolute Gasteiger partial charge is 0.152 e. The van der Waals surface area contributed by atoms with E-state index in [-0.39, 0.29) is 18.0 Å². The first-order valence-corrected chi connectivity index (χ1v) is 8.33.